The first kappa shape index (κ1) is 22.5. The van der Waals surface area contributed by atoms with Gasteiger partial charge in [-0.1, -0.05) is 25.1 Å². The second kappa shape index (κ2) is 10.2. The Morgan fingerprint density at radius 1 is 1.14 bits per heavy atom. The molecule has 0 aromatic heterocycles. The Morgan fingerprint density at radius 2 is 1.79 bits per heavy atom. The summed E-state index contributed by atoms with van der Waals surface area (Å²) in [4.78, 5) is 12.4. The predicted molar refractivity (Wildman–Crippen MR) is 114 cm³/mol. The van der Waals surface area contributed by atoms with Crippen LogP contribution in [0.3, 0.4) is 0 Å². The molecule has 0 bridgehead atoms. The van der Waals surface area contributed by atoms with Gasteiger partial charge in [0, 0.05) is 7.05 Å². The van der Waals surface area contributed by atoms with Gasteiger partial charge in [-0.25, -0.2) is 8.42 Å². The lowest BCUT2D eigenvalue weighted by Gasteiger charge is -2.19. The highest BCUT2D eigenvalue weighted by Gasteiger charge is 2.18. The van der Waals surface area contributed by atoms with Crippen molar-refractivity contribution in [2.45, 2.75) is 26.4 Å². The van der Waals surface area contributed by atoms with Gasteiger partial charge >= 0.3 is 0 Å². The molecule has 0 unspecified atom stereocenters. The molecule has 0 aliphatic rings. The van der Waals surface area contributed by atoms with Crippen molar-refractivity contribution in [2.75, 3.05) is 30.8 Å². The first-order valence-electron chi connectivity index (χ1n) is 9.39. The van der Waals surface area contributed by atoms with Crippen molar-refractivity contribution >= 4 is 21.6 Å². The smallest absolute Gasteiger partial charge is 0.261 e. The van der Waals surface area contributed by atoms with Gasteiger partial charge in [-0.05, 0) is 49.2 Å². The molecule has 0 radical (unpaired) electrons. The average Bonchev–Trinajstić information content (AvgIpc) is 2.69. The summed E-state index contributed by atoms with van der Waals surface area (Å²) in [5, 5.41) is 2.82. The molecular formula is C21H28N2O5S. The van der Waals surface area contributed by atoms with Gasteiger partial charge in [-0.2, -0.15) is 0 Å². The zero-order valence-electron chi connectivity index (χ0n) is 17.2. The highest BCUT2D eigenvalue weighted by atomic mass is 32.2. The molecule has 158 valence electrons. The second-order valence-electron chi connectivity index (χ2n) is 6.64. The Morgan fingerprint density at radius 3 is 2.38 bits per heavy atom. The van der Waals surface area contributed by atoms with Crippen LogP contribution in [0.5, 0.6) is 11.5 Å². The summed E-state index contributed by atoms with van der Waals surface area (Å²) in [6, 6.07) is 14.3. The van der Waals surface area contributed by atoms with E-state index in [1.807, 2.05) is 38.1 Å². The van der Waals surface area contributed by atoms with E-state index in [0.29, 0.717) is 31.0 Å². The highest BCUT2D eigenvalue weighted by Crippen LogP contribution is 2.21. The molecule has 0 saturated carbocycles. The zero-order valence-corrected chi connectivity index (χ0v) is 18.0. The van der Waals surface area contributed by atoms with Gasteiger partial charge in [0.15, 0.2) is 6.10 Å². The minimum absolute atomic E-state index is 0.224. The SMILES string of the molecule is CC[C@H](Oc1ccc(N(C)S(C)(=O)=O)cc1)C(=O)NCCOc1ccccc1C. The van der Waals surface area contributed by atoms with Crippen LogP contribution in [0, 0.1) is 6.92 Å². The summed E-state index contributed by atoms with van der Waals surface area (Å²) < 4.78 is 35.8. The Labute approximate surface area is 172 Å². The van der Waals surface area contributed by atoms with Crippen LogP contribution in [0.4, 0.5) is 5.69 Å². The molecule has 0 aliphatic heterocycles. The predicted octanol–water partition coefficient (Wildman–Crippen LogP) is 2.74. The molecule has 2 rings (SSSR count). The summed E-state index contributed by atoms with van der Waals surface area (Å²) in [5.74, 6) is 1.07. The largest absolute Gasteiger partial charge is 0.491 e. The van der Waals surface area contributed by atoms with E-state index >= 15 is 0 Å². The van der Waals surface area contributed by atoms with Crippen LogP contribution in [0.2, 0.25) is 0 Å². The van der Waals surface area contributed by atoms with Crippen LogP contribution in [-0.4, -0.2) is 46.9 Å². The number of rotatable bonds is 10. The monoisotopic (exact) mass is 420 g/mol. The van der Waals surface area contributed by atoms with Crippen LogP contribution in [0.15, 0.2) is 48.5 Å². The van der Waals surface area contributed by atoms with Crippen LogP contribution in [0.1, 0.15) is 18.9 Å². The van der Waals surface area contributed by atoms with E-state index < -0.39 is 16.1 Å². The maximum Gasteiger partial charge on any atom is 0.261 e. The molecule has 0 heterocycles. The van der Waals surface area contributed by atoms with E-state index in [2.05, 4.69) is 5.32 Å². The summed E-state index contributed by atoms with van der Waals surface area (Å²) in [5.41, 5.74) is 1.56. The average molecular weight is 421 g/mol. The lowest BCUT2D eigenvalue weighted by Crippen LogP contribution is -2.39. The van der Waals surface area contributed by atoms with E-state index in [9.17, 15) is 13.2 Å². The van der Waals surface area contributed by atoms with Crippen molar-refractivity contribution in [3.8, 4) is 11.5 Å². The standard InChI is InChI=1S/C21H28N2O5S/c1-5-19(21(24)22-14-15-27-20-9-7-6-8-16(20)2)28-18-12-10-17(11-13-18)23(3)29(4,25)26/h6-13,19H,5,14-15H2,1-4H3,(H,22,24)/t19-/m0/s1. The Hall–Kier alpha value is -2.74. The summed E-state index contributed by atoms with van der Waals surface area (Å²) in [6.45, 7) is 4.55. The number of sulfonamides is 1. The molecule has 2 aromatic rings. The topological polar surface area (TPSA) is 84.9 Å². The Balaban J connectivity index is 1.85. The number of carbonyl (C=O) groups excluding carboxylic acids is 1. The van der Waals surface area contributed by atoms with Crippen LogP contribution < -0.4 is 19.1 Å². The summed E-state index contributed by atoms with van der Waals surface area (Å²) in [6.07, 6.45) is 0.986. The molecule has 0 spiro atoms. The quantitative estimate of drug-likeness (QED) is 0.598. The lowest BCUT2D eigenvalue weighted by molar-refractivity contribution is -0.128. The maximum atomic E-state index is 12.4. The normalized spacial score (nSPS) is 12.1. The van der Waals surface area contributed by atoms with Crippen molar-refractivity contribution in [2.24, 2.45) is 0 Å². The number of benzene rings is 2. The van der Waals surface area contributed by atoms with Gasteiger partial charge in [0.2, 0.25) is 10.0 Å². The van der Waals surface area contributed by atoms with Gasteiger partial charge in [0.05, 0.1) is 18.5 Å². The number of hydrogen-bond donors (Lipinski definition) is 1. The number of anilines is 1. The van der Waals surface area contributed by atoms with E-state index in [1.54, 1.807) is 24.3 Å². The minimum atomic E-state index is -3.33. The highest BCUT2D eigenvalue weighted by molar-refractivity contribution is 7.92. The van der Waals surface area contributed by atoms with Crippen molar-refractivity contribution < 1.29 is 22.7 Å². The molecule has 1 atom stereocenters. The van der Waals surface area contributed by atoms with Crippen molar-refractivity contribution in [1.82, 2.24) is 5.32 Å². The van der Waals surface area contributed by atoms with Crippen molar-refractivity contribution in [1.29, 1.82) is 0 Å². The van der Waals surface area contributed by atoms with E-state index in [0.717, 1.165) is 17.6 Å². The number of para-hydroxylation sites is 1. The minimum Gasteiger partial charge on any atom is -0.491 e. The number of ether oxygens (including phenoxy) is 2. The van der Waals surface area contributed by atoms with Crippen molar-refractivity contribution in [3.05, 3.63) is 54.1 Å². The molecular weight excluding hydrogens is 392 g/mol. The molecule has 1 N–H and O–H groups in total. The summed E-state index contributed by atoms with van der Waals surface area (Å²) >= 11 is 0. The van der Waals surface area contributed by atoms with Crippen LogP contribution >= 0.6 is 0 Å². The van der Waals surface area contributed by atoms with E-state index in [1.165, 1.54) is 11.4 Å². The number of hydrogen-bond acceptors (Lipinski definition) is 5. The number of aryl methyl sites for hydroxylation is 1. The Bertz CT molecular complexity index is 913. The zero-order chi connectivity index (χ0) is 21.4. The second-order valence-corrected chi connectivity index (χ2v) is 8.66. The number of nitrogens with zero attached hydrogens (tertiary/aromatic N) is 1. The third-order valence-corrected chi connectivity index (χ3v) is 5.60. The van der Waals surface area contributed by atoms with Gasteiger partial charge in [0.1, 0.15) is 18.1 Å². The molecule has 7 nitrogen and oxygen atoms in total. The fraction of sp³-hybridized carbons (Fsp3) is 0.381. The van der Waals surface area contributed by atoms with Gasteiger partial charge in [-0.3, -0.25) is 9.10 Å². The molecule has 2 aromatic carbocycles. The number of amides is 1. The van der Waals surface area contributed by atoms with Crippen LogP contribution in [0.25, 0.3) is 0 Å². The maximum absolute atomic E-state index is 12.4. The molecule has 0 saturated heterocycles. The number of nitrogens with one attached hydrogen (secondary N) is 1. The van der Waals surface area contributed by atoms with Gasteiger partial charge in [-0.15, -0.1) is 0 Å². The third-order valence-electron chi connectivity index (χ3n) is 4.39. The Kier molecular flexibility index (Phi) is 7.90. The molecule has 8 heteroatoms. The fourth-order valence-corrected chi connectivity index (χ4v) is 3.08. The van der Waals surface area contributed by atoms with Crippen molar-refractivity contribution in [3.63, 3.8) is 0 Å². The first-order valence-corrected chi connectivity index (χ1v) is 11.2. The van der Waals surface area contributed by atoms with Crippen LogP contribution in [-0.2, 0) is 14.8 Å². The number of carbonyl (C=O) groups is 1. The van der Waals surface area contributed by atoms with Gasteiger partial charge in [0.25, 0.3) is 5.91 Å². The molecule has 0 aliphatic carbocycles. The lowest BCUT2D eigenvalue weighted by atomic mass is 10.2. The third kappa shape index (κ3) is 6.67. The van der Waals surface area contributed by atoms with Gasteiger partial charge < -0.3 is 14.8 Å². The van der Waals surface area contributed by atoms with E-state index in [-0.39, 0.29) is 5.91 Å². The molecule has 29 heavy (non-hydrogen) atoms. The first-order chi connectivity index (χ1) is 13.7. The molecule has 0 fully saturated rings. The summed E-state index contributed by atoms with van der Waals surface area (Å²) in [7, 11) is -1.85. The fourth-order valence-electron chi connectivity index (χ4n) is 2.58. The van der Waals surface area contributed by atoms with E-state index in [4.69, 9.17) is 9.47 Å². The molecule has 1 amide bonds.